The molecule has 1 aliphatic heterocycles. The van der Waals surface area contributed by atoms with Crippen LogP contribution < -0.4 is 0 Å². The molecule has 1 atom stereocenters. The van der Waals surface area contributed by atoms with E-state index >= 15 is 0 Å². The minimum Gasteiger partial charge on any atom is -0.436 e. The highest BCUT2D eigenvalue weighted by Gasteiger charge is 2.32. The van der Waals surface area contributed by atoms with Gasteiger partial charge in [-0.3, -0.25) is 14.7 Å². The van der Waals surface area contributed by atoms with E-state index in [0.29, 0.717) is 53.5 Å². The molecule has 1 aliphatic rings. The van der Waals surface area contributed by atoms with Crippen LogP contribution in [-0.4, -0.2) is 81.6 Å². The van der Waals surface area contributed by atoms with Crippen molar-refractivity contribution in [3.05, 3.63) is 96.5 Å². The highest BCUT2D eigenvalue weighted by atomic mass is 19.3. The predicted octanol–water partition coefficient (Wildman–Crippen LogP) is 4.22. The Kier molecular flexibility index (Phi) is 7.10. The molecule has 0 radical (unpaired) electrons. The second-order valence-electron chi connectivity index (χ2n) is 10.4. The molecular formula is C30H26F2N10O2. The van der Waals surface area contributed by atoms with Crippen LogP contribution in [-0.2, 0) is 7.05 Å². The van der Waals surface area contributed by atoms with E-state index in [1.807, 2.05) is 60.1 Å². The number of pyridine rings is 1. The van der Waals surface area contributed by atoms with Gasteiger partial charge in [0, 0.05) is 50.6 Å². The summed E-state index contributed by atoms with van der Waals surface area (Å²) >= 11 is 0. The molecule has 0 N–H and O–H groups in total. The zero-order chi connectivity index (χ0) is 30.2. The third kappa shape index (κ3) is 5.19. The number of hydrogen-bond acceptors (Lipinski definition) is 9. The number of aryl methyl sites for hydroxylation is 1. The quantitative estimate of drug-likeness (QED) is 0.266. The molecule has 7 rings (SSSR count). The topological polar surface area (TPSA) is 124 Å². The molecule has 5 heterocycles. The number of carbonyl (C=O) groups is 1. The number of tetrazole rings is 1. The lowest BCUT2D eigenvalue weighted by Crippen LogP contribution is -2.50. The molecule has 0 aliphatic carbocycles. The van der Waals surface area contributed by atoms with Crippen LogP contribution in [0.25, 0.3) is 33.8 Å². The molecule has 6 aromatic rings. The first-order chi connectivity index (χ1) is 21.4. The number of fused-ring (bicyclic) bond motifs is 1. The third-order valence-electron chi connectivity index (χ3n) is 7.67. The van der Waals surface area contributed by atoms with Gasteiger partial charge in [0.15, 0.2) is 11.4 Å². The highest BCUT2D eigenvalue weighted by Crippen LogP contribution is 2.30. The lowest BCUT2D eigenvalue weighted by Gasteiger charge is -2.38. The Morgan fingerprint density at radius 2 is 1.80 bits per heavy atom. The van der Waals surface area contributed by atoms with Gasteiger partial charge in [0.05, 0.1) is 24.3 Å². The van der Waals surface area contributed by atoms with E-state index in [1.165, 1.54) is 0 Å². The SMILES string of the molecule is Cn1cncc1-c1ccc2nc(-c3ccnc(C(=O)N4CCN([C@H](c5ccccc5)c5nnn(C(F)F)n5)CC4)c3)oc2c1. The van der Waals surface area contributed by atoms with Gasteiger partial charge in [0.2, 0.25) is 5.89 Å². The number of carbonyl (C=O) groups excluding carboxylic acids is 1. The van der Waals surface area contributed by atoms with E-state index in [-0.39, 0.29) is 17.4 Å². The molecule has 1 amide bonds. The van der Waals surface area contributed by atoms with Crippen molar-refractivity contribution in [3.63, 3.8) is 0 Å². The summed E-state index contributed by atoms with van der Waals surface area (Å²) in [6.07, 6.45) is 5.09. The predicted molar refractivity (Wildman–Crippen MR) is 154 cm³/mol. The van der Waals surface area contributed by atoms with Crippen molar-refractivity contribution in [1.29, 1.82) is 0 Å². The number of oxazole rings is 1. The first-order valence-electron chi connectivity index (χ1n) is 13.9. The molecule has 14 heteroatoms. The van der Waals surface area contributed by atoms with Crippen LogP contribution in [0.3, 0.4) is 0 Å². The Labute approximate surface area is 249 Å². The molecule has 0 saturated carbocycles. The van der Waals surface area contributed by atoms with Gasteiger partial charge in [-0.1, -0.05) is 41.2 Å². The Hall–Kier alpha value is -5.37. The van der Waals surface area contributed by atoms with E-state index in [9.17, 15) is 13.6 Å². The molecule has 4 aromatic heterocycles. The smallest absolute Gasteiger partial charge is 0.350 e. The van der Waals surface area contributed by atoms with Gasteiger partial charge in [-0.2, -0.15) is 8.78 Å². The number of halogens is 2. The number of aromatic nitrogens is 8. The van der Waals surface area contributed by atoms with Crippen LogP contribution in [0.2, 0.25) is 0 Å². The summed E-state index contributed by atoms with van der Waals surface area (Å²) in [4.78, 5) is 30.8. The molecule has 1 saturated heterocycles. The van der Waals surface area contributed by atoms with Crippen LogP contribution in [0.5, 0.6) is 0 Å². The second-order valence-corrected chi connectivity index (χ2v) is 10.4. The van der Waals surface area contributed by atoms with Crippen molar-refractivity contribution >= 4 is 17.0 Å². The minimum absolute atomic E-state index is 0.177. The molecular weight excluding hydrogens is 570 g/mol. The van der Waals surface area contributed by atoms with E-state index in [4.69, 9.17) is 4.42 Å². The average Bonchev–Trinajstić information content (AvgIpc) is 3.82. The Bertz CT molecular complexity index is 1930. The molecule has 12 nitrogen and oxygen atoms in total. The Balaban J connectivity index is 1.08. The van der Waals surface area contributed by atoms with Crippen molar-refractivity contribution in [2.45, 2.75) is 12.6 Å². The van der Waals surface area contributed by atoms with Gasteiger partial charge in [-0.05, 0) is 35.0 Å². The maximum Gasteiger partial charge on any atom is 0.350 e. The summed E-state index contributed by atoms with van der Waals surface area (Å²) in [5.41, 5.74) is 4.98. The summed E-state index contributed by atoms with van der Waals surface area (Å²) in [5, 5.41) is 11.4. The van der Waals surface area contributed by atoms with E-state index in [2.05, 4.69) is 35.3 Å². The van der Waals surface area contributed by atoms with Crippen molar-refractivity contribution < 1.29 is 18.0 Å². The maximum atomic E-state index is 13.5. The van der Waals surface area contributed by atoms with Gasteiger partial charge in [-0.25, -0.2) is 9.97 Å². The molecule has 1 fully saturated rings. The van der Waals surface area contributed by atoms with E-state index in [1.54, 1.807) is 35.8 Å². The lowest BCUT2D eigenvalue weighted by molar-refractivity contribution is 0.0385. The number of benzene rings is 2. The van der Waals surface area contributed by atoms with Gasteiger partial charge in [0.1, 0.15) is 11.2 Å². The number of hydrogen-bond donors (Lipinski definition) is 0. The first-order valence-corrected chi connectivity index (χ1v) is 13.9. The van der Waals surface area contributed by atoms with Gasteiger partial charge in [0.25, 0.3) is 5.91 Å². The standard InChI is InChI=1S/C30H26F2N10O2/c1-39-18-33-17-24(39)20-7-8-22-25(16-20)44-28(35-22)21-9-10-34-23(15-21)29(43)41-13-11-40(12-14-41)26(19-5-3-2-4-6-19)27-36-38-42(37-27)30(31)32/h2-10,15-18,26,30H,11-14H2,1H3/t26-/m1/s1. The largest absolute Gasteiger partial charge is 0.436 e. The monoisotopic (exact) mass is 596 g/mol. The molecule has 0 bridgehead atoms. The maximum absolute atomic E-state index is 13.5. The fourth-order valence-electron chi connectivity index (χ4n) is 5.46. The highest BCUT2D eigenvalue weighted by molar-refractivity contribution is 5.93. The molecule has 0 spiro atoms. The van der Waals surface area contributed by atoms with Gasteiger partial charge < -0.3 is 13.9 Å². The molecule has 222 valence electrons. The summed E-state index contributed by atoms with van der Waals surface area (Å²) in [6.45, 7) is -1.14. The Morgan fingerprint density at radius 1 is 0.977 bits per heavy atom. The summed E-state index contributed by atoms with van der Waals surface area (Å²) in [5.74, 6) is 0.342. The van der Waals surface area contributed by atoms with E-state index in [0.717, 1.165) is 16.8 Å². The van der Waals surface area contributed by atoms with Crippen molar-refractivity contribution in [3.8, 4) is 22.7 Å². The zero-order valence-electron chi connectivity index (χ0n) is 23.5. The number of nitrogens with zero attached hydrogens (tertiary/aromatic N) is 10. The molecule has 2 aromatic carbocycles. The van der Waals surface area contributed by atoms with Gasteiger partial charge >= 0.3 is 6.55 Å². The minimum atomic E-state index is -2.88. The van der Waals surface area contributed by atoms with Crippen molar-refractivity contribution in [1.82, 2.24) is 49.5 Å². The second kappa shape index (κ2) is 11.4. The summed E-state index contributed by atoms with van der Waals surface area (Å²) < 4.78 is 34.4. The molecule has 0 unspecified atom stereocenters. The van der Waals surface area contributed by atoms with Crippen LogP contribution >= 0.6 is 0 Å². The number of rotatable bonds is 7. The fourth-order valence-corrected chi connectivity index (χ4v) is 5.46. The summed E-state index contributed by atoms with van der Waals surface area (Å²) in [7, 11) is 1.93. The number of imidazole rings is 1. The number of piperazine rings is 1. The van der Waals surface area contributed by atoms with Crippen LogP contribution in [0.1, 0.15) is 34.5 Å². The number of amides is 1. The average molecular weight is 597 g/mol. The lowest BCUT2D eigenvalue weighted by atomic mass is 10.0. The van der Waals surface area contributed by atoms with Crippen LogP contribution in [0, 0.1) is 0 Å². The van der Waals surface area contributed by atoms with Crippen LogP contribution in [0.15, 0.2) is 83.8 Å². The van der Waals surface area contributed by atoms with Crippen molar-refractivity contribution in [2.24, 2.45) is 7.05 Å². The Morgan fingerprint density at radius 3 is 2.52 bits per heavy atom. The zero-order valence-corrected chi connectivity index (χ0v) is 23.5. The van der Waals surface area contributed by atoms with Crippen molar-refractivity contribution in [2.75, 3.05) is 26.2 Å². The fraction of sp³-hybridized carbons (Fsp3) is 0.233. The number of alkyl halides is 2. The van der Waals surface area contributed by atoms with E-state index < -0.39 is 12.6 Å². The first kappa shape index (κ1) is 27.5. The molecule has 44 heavy (non-hydrogen) atoms. The third-order valence-corrected chi connectivity index (χ3v) is 7.67. The summed E-state index contributed by atoms with van der Waals surface area (Å²) in [6, 6.07) is 18.1. The van der Waals surface area contributed by atoms with Gasteiger partial charge in [-0.15, -0.1) is 10.2 Å². The van der Waals surface area contributed by atoms with Crippen LogP contribution in [0.4, 0.5) is 8.78 Å². The normalized spacial score (nSPS) is 14.9.